The predicted octanol–water partition coefficient (Wildman–Crippen LogP) is 2.56. The van der Waals surface area contributed by atoms with Crippen molar-refractivity contribution < 1.29 is 4.79 Å². The Bertz CT molecular complexity index is 735. The van der Waals surface area contributed by atoms with Crippen LogP contribution in [-0.2, 0) is 24.1 Å². The van der Waals surface area contributed by atoms with Crippen LogP contribution in [0.2, 0.25) is 0 Å². The number of carbonyl (C=O) groups is 1. The minimum Gasteiger partial charge on any atom is -0.354 e. The van der Waals surface area contributed by atoms with Gasteiger partial charge in [0.15, 0.2) is 0 Å². The fourth-order valence-corrected chi connectivity index (χ4v) is 3.68. The van der Waals surface area contributed by atoms with E-state index < -0.39 is 0 Å². The van der Waals surface area contributed by atoms with Gasteiger partial charge in [-0.1, -0.05) is 29.8 Å². The largest absolute Gasteiger partial charge is 0.354 e. The van der Waals surface area contributed by atoms with Crippen molar-refractivity contribution >= 4 is 5.91 Å². The van der Waals surface area contributed by atoms with E-state index in [0.717, 1.165) is 30.5 Å². The average Bonchev–Trinajstić information content (AvgIpc) is 2.98. The van der Waals surface area contributed by atoms with Gasteiger partial charge in [0.25, 0.3) is 0 Å². The van der Waals surface area contributed by atoms with Gasteiger partial charge < -0.3 is 5.32 Å². The Morgan fingerprint density at radius 2 is 2.12 bits per heavy atom. The molecule has 134 valence electrons. The lowest BCUT2D eigenvalue weighted by Gasteiger charge is -2.24. The molecule has 0 aliphatic heterocycles. The van der Waals surface area contributed by atoms with Gasteiger partial charge in [0.2, 0.25) is 5.91 Å². The third kappa shape index (κ3) is 4.10. The first-order chi connectivity index (χ1) is 12.1. The van der Waals surface area contributed by atoms with Crippen LogP contribution < -0.4 is 5.32 Å². The maximum atomic E-state index is 12.7. The van der Waals surface area contributed by atoms with Crippen LogP contribution in [0.4, 0.5) is 0 Å². The van der Waals surface area contributed by atoms with E-state index in [9.17, 15) is 4.79 Å². The molecule has 0 spiro atoms. The van der Waals surface area contributed by atoms with Gasteiger partial charge in [-0.3, -0.25) is 14.8 Å². The molecule has 5 heteroatoms. The molecule has 1 aromatic carbocycles. The van der Waals surface area contributed by atoms with Gasteiger partial charge in [-0.2, -0.15) is 5.10 Å². The normalized spacial score (nSPS) is 15.0. The SMILES string of the molecule is Cc1cccc(C(C(=O)NCCc2n[nH]c3c2CCCC3)N(C)C)c1. The summed E-state index contributed by atoms with van der Waals surface area (Å²) in [6.07, 6.45) is 5.48. The second-order valence-corrected chi connectivity index (χ2v) is 7.16. The monoisotopic (exact) mass is 340 g/mol. The number of carbonyl (C=O) groups excluding carboxylic acids is 1. The Morgan fingerprint density at radius 3 is 2.88 bits per heavy atom. The highest BCUT2D eigenvalue weighted by Crippen LogP contribution is 2.22. The fraction of sp³-hybridized carbons (Fsp3) is 0.500. The predicted molar refractivity (Wildman–Crippen MR) is 99.6 cm³/mol. The average molecular weight is 340 g/mol. The maximum Gasteiger partial charge on any atom is 0.241 e. The maximum absolute atomic E-state index is 12.7. The van der Waals surface area contributed by atoms with Crippen LogP contribution in [-0.4, -0.2) is 41.6 Å². The van der Waals surface area contributed by atoms with Gasteiger partial charge in [-0.25, -0.2) is 0 Å². The Balaban J connectivity index is 1.61. The van der Waals surface area contributed by atoms with Crippen LogP contribution >= 0.6 is 0 Å². The van der Waals surface area contributed by atoms with Crippen LogP contribution in [0.15, 0.2) is 24.3 Å². The first-order valence-corrected chi connectivity index (χ1v) is 9.12. The zero-order chi connectivity index (χ0) is 17.8. The Hall–Kier alpha value is -2.14. The highest BCUT2D eigenvalue weighted by atomic mass is 16.2. The van der Waals surface area contributed by atoms with E-state index in [1.807, 2.05) is 31.1 Å². The molecule has 1 aliphatic carbocycles. The summed E-state index contributed by atoms with van der Waals surface area (Å²) in [7, 11) is 3.88. The molecule has 2 N–H and O–H groups in total. The second kappa shape index (κ2) is 7.83. The minimum absolute atomic E-state index is 0.0417. The minimum atomic E-state index is -0.270. The van der Waals surface area contributed by atoms with E-state index in [1.54, 1.807) is 0 Å². The third-order valence-electron chi connectivity index (χ3n) is 4.93. The van der Waals surface area contributed by atoms with Crippen molar-refractivity contribution in [1.82, 2.24) is 20.4 Å². The number of amides is 1. The molecular weight excluding hydrogens is 312 g/mol. The molecule has 25 heavy (non-hydrogen) atoms. The van der Waals surface area contributed by atoms with E-state index in [1.165, 1.54) is 29.7 Å². The quantitative estimate of drug-likeness (QED) is 0.849. The molecule has 0 radical (unpaired) electrons. The van der Waals surface area contributed by atoms with Crippen LogP contribution in [0.3, 0.4) is 0 Å². The molecule has 5 nitrogen and oxygen atoms in total. The van der Waals surface area contributed by atoms with E-state index in [-0.39, 0.29) is 11.9 Å². The van der Waals surface area contributed by atoms with Crippen molar-refractivity contribution in [3.63, 3.8) is 0 Å². The third-order valence-corrected chi connectivity index (χ3v) is 4.93. The second-order valence-electron chi connectivity index (χ2n) is 7.16. The fourth-order valence-electron chi connectivity index (χ4n) is 3.68. The highest BCUT2D eigenvalue weighted by Gasteiger charge is 2.23. The molecular formula is C20H28N4O. The van der Waals surface area contributed by atoms with Gasteiger partial charge in [-0.05, 0) is 57.8 Å². The van der Waals surface area contributed by atoms with Crippen LogP contribution in [0.1, 0.15) is 47.0 Å². The van der Waals surface area contributed by atoms with Crippen LogP contribution in [0.25, 0.3) is 0 Å². The van der Waals surface area contributed by atoms with Gasteiger partial charge in [0.05, 0.1) is 5.69 Å². The van der Waals surface area contributed by atoms with E-state index in [4.69, 9.17) is 0 Å². The lowest BCUT2D eigenvalue weighted by Crippen LogP contribution is -2.38. The molecule has 0 bridgehead atoms. The lowest BCUT2D eigenvalue weighted by atomic mass is 9.95. The smallest absolute Gasteiger partial charge is 0.241 e. The highest BCUT2D eigenvalue weighted by molar-refractivity contribution is 5.83. The van der Waals surface area contributed by atoms with Crippen molar-refractivity contribution in [3.8, 4) is 0 Å². The molecule has 3 rings (SSSR count). The number of hydrogen-bond acceptors (Lipinski definition) is 3. The van der Waals surface area contributed by atoms with Crippen molar-refractivity contribution in [2.45, 2.75) is 45.1 Å². The number of nitrogens with zero attached hydrogens (tertiary/aromatic N) is 2. The number of rotatable bonds is 6. The molecule has 1 unspecified atom stereocenters. The molecule has 1 amide bonds. The van der Waals surface area contributed by atoms with E-state index in [2.05, 4.69) is 34.6 Å². The van der Waals surface area contributed by atoms with Crippen molar-refractivity contribution in [1.29, 1.82) is 0 Å². The van der Waals surface area contributed by atoms with Gasteiger partial charge >= 0.3 is 0 Å². The molecule has 2 aromatic rings. The Labute approximate surface area is 149 Å². The summed E-state index contributed by atoms with van der Waals surface area (Å²) in [5.41, 5.74) is 5.98. The van der Waals surface area contributed by atoms with Crippen LogP contribution in [0.5, 0.6) is 0 Å². The summed E-state index contributed by atoms with van der Waals surface area (Å²) in [6, 6.07) is 7.88. The molecule has 0 saturated carbocycles. The first kappa shape index (κ1) is 17.7. The number of aromatic amines is 1. The number of aryl methyl sites for hydroxylation is 2. The summed E-state index contributed by atoms with van der Waals surface area (Å²) in [4.78, 5) is 14.7. The molecule has 0 fully saturated rings. The Morgan fingerprint density at radius 1 is 1.32 bits per heavy atom. The summed E-state index contributed by atoms with van der Waals surface area (Å²) in [5, 5.41) is 10.7. The van der Waals surface area contributed by atoms with Crippen molar-refractivity contribution in [3.05, 3.63) is 52.3 Å². The molecule has 1 atom stereocenters. The summed E-state index contributed by atoms with van der Waals surface area (Å²) in [6.45, 7) is 2.67. The Kier molecular flexibility index (Phi) is 5.53. The molecule has 1 aliphatic rings. The summed E-state index contributed by atoms with van der Waals surface area (Å²) >= 11 is 0. The molecule has 1 heterocycles. The number of H-pyrrole nitrogens is 1. The van der Waals surface area contributed by atoms with E-state index in [0.29, 0.717) is 6.54 Å². The standard InChI is InChI=1S/C20H28N4O/c1-14-7-6-8-15(13-14)19(24(2)3)20(25)21-12-11-18-16-9-4-5-10-17(16)22-23-18/h6-8,13,19H,4-5,9-12H2,1-3H3,(H,21,25)(H,22,23). The number of benzene rings is 1. The van der Waals surface area contributed by atoms with Gasteiger partial charge in [0, 0.05) is 18.7 Å². The summed E-state index contributed by atoms with van der Waals surface area (Å²) in [5.74, 6) is 0.0417. The number of likely N-dealkylation sites (N-methyl/N-ethyl adjacent to an activating group) is 1. The number of aromatic nitrogens is 2. The number of nitrogens with one attached hydrogen (secondary N) is 2. The van der Waals surface area contributed by atoms with E-state index >= 15 is 0 Å². The van der Waals surface area contributed by atoms with Crippen molar-refractivity contribution in [2.24, 2.45) is 0 Å². The number of fused-ring (bicyclic) bond motifs is 1. The topological polar surface area (TPSA) is 61.0 Å². The zero-order valence-electron chi connectivity index (χ0n) is 15.4. The molecule has 1 aromatic heterocycles. The molecule has 0 saturated heterocycles. The zero-order valence-corrected chi connectivity index (χ0v) is 15.4. The number of hydrogen-bond donors (Lipinski definition) is 2. The van der Waals surface area contributed by atoms with Gasteiger partial charge in [0.1, 0.15) is 6.04 Å². The van der Waals surface area contributed by atoms with Crippen LogP contribution in [0, 0.1) is 6.92 Å². The van der Waals surface area contributed by atoms with Gasteiger partial charge in [-0.15, -0.1) is 0 Å². The first-order valence-electron chi connectivity index (χ1n) is 9.12. The van der Waals surface area contributed by atoms with Crippen molar-refractivity contribution in [2.75, 3.05) is 20.6 Å². The summed E-state index contributed by atoms with van der Waals surface area (Å²) < 4.78 is 0. The lowest BCUT2D eigenvalue weighted by molar-refractivity contribution is -0.125.